The second-order valence-electron chi connectivity index (χ2n) is 6.09. The zero-order valence-electron chi connectivity index (χ0n) is 15.4. The Hall–Kier alpha value is -2.43. The largest absolute Gasteiger partial charge is 0.338 e. The maximum atomic E-state index is 12.6. The number of anilines is 2. The molecule has 24 heavy (non-hydrogen) atoms. The number of aromatic nitrogens is 2. The minimum Gasteiger partial charge on any atom is -0.338 e. The molecular weight excluding hydrogens is 300 g/mol. The molecule has 5 nitrogen and oxygen atoms in total. The smallest absolute Gasteiger partial charge is 0.272 e. The summed E-state index contributed by atoms with van der Waals surface area (Å²) in [6.45, 7) is 13.3. The molecule has 0 aliphatic rings. The minimum atomic E-state index is -0.0640. The van der Waals surface area contributed by atoms with Gasteiger partial charge in [0.1, 0.15) is 5.69 Å². The molecule has 1 N–H and O–H groups in total. The molecule has 0 spiro atoms. The van der Waals surface area contributed by atoms with E-state index in [0.717, 1.165) is 22.5 Å². The normalized spacial score (nSPS) is 10.6. The number of rotatable bonds is 5. The van der Waals surface area contributed by atoms with E-state index in [4.69, 9.17) is 0 Å². The van der Waals surface area contributed by atoms with Crippen LogP contribution in [0.15, 0.2) is 18.2 Å². The van der Waals surface area contributed by atoms with Crippen LogP contribution in [0.1, 0.15) is 46.7 Å². The molecule has 0 radical (unpaired) electrons. The van der Waals surface area contributed by atoms with Gasteiger partial charge in [0.05, 0.1) is 0 Å². The van der Waals surface area contributed by atoms with Crippen LogP contribution in [0.2, 0.25) is 0 Å². The number of nitrogens with zero attached hydrogens (tertiary/aromatic N) is 3. The fourth-order valence-corrected chi connectivity index (χ4v) is 2.90. The molecule has 1 amide bonds. The van der Waals surface area contributed by atoms with E-state index in [1.54, 1.807) is 11.0 Å². The summed E-state index contributed by atoms with van der Waals surface area (Å²) in [6, 6.07) is 5.97. The summed E-state index contributed by atoms with van der Waals surface area (Å²) in [4.78, 5) is 23.2. The third-order valence-electron chi connectivity index (χ3n) is 4.04. The molecule has 0 fully saturated rings. The van der Waals surface area contributed by atoms with Gasteiger partial charge in [0.25, 0.3) is 5.91 Å². The number of amides is 1. The number of carbonyl (C=O) groups excluding carboxylic acids is 1. The molecule has 0 saturated carbocycles. The zero-order valence-corrected chi connectivity index (χ0v) is 15.4. The van der Waals surface area contributed by atoms with Gasteiger partial charge in [-0.2, -0.15) is 0 Å². The van der Waals surface area contributed by atoms with Crippen LogP contribution in [-0.4, -0.2) is 33.9 Å². The first-order valence-corrected chi connectivity index (χ1v) is 8.35. The van der Waals surface area contributed by atoms with E-state index in [1.807, 2.05) is 20.8 Å². The van der Waals surface area contributed by atoms with Gasteiger partial charge in [-0.1, -0.05) is 17.7 Å². The second kappa shape index (κ2) is 7.43. The fraction of sp³-hybridized carbons (Fsp3) is 0.421. The van der Waals surface area contributed by atoms with Crippen molar-refractivity contribution in [3.63, 3.8) is 0 Å². The van der Waals surface area contributed by atoms with Gasteiger partial charge in [-0.05, 0) is 58.7 Å². The lowest BCUT2D eigenvalue weighted by atomic mass is 10.1. The van der Waals surface area contributed by atoms with Crippen LogP contribution in [0.5, 0.6) is 0 Å². The number of hydrogen-bond donors (Lipinski definition) is 1. The molecule has 0 unspecified atom stereocenters. The van der Waals surface area contributed by atoms with Crippen LogP contribution in [0.4, 0.5) is 11.6 Å². The first kappa shape index (κ1) is 17.9. The van der Waals surface area contributed by atoms with Gasteiger partial charge in [0, 0.05) is 24.5 Å². The highest BCUT2D eigenvalue weighted by Gasteiger charge is 2.16. The predicted molar refractivity (Wildman–Crippen MR) is 98.0 cm³/mol. The van der Waals surface area contributed by atoms with Gasteiger partial charge in [-0.3, -0.25) is 4.79 Å². The topological polar surface area (TPSA) is 58.1 Å². The second-order valence-corrected chi connectivity index (χ2v) is 6.09. The molecule has 2 rings (SSSR count). The Kier molecular flexibility index (Phi) is 5.54. The summed E-state index contributed by atoms with van der Waals surface area (Å²) in [5, 5.41) is 3.29. The SMILES string of the molecule is CCN(CC)C(=O)c1cc(C)nc(Nc2c(C)cc(C)cc2C)n1. The quantitative estimate of drug-likeness (QED) is 0.904. The van der Waals surface area contributed by atoms with Gasteiger partial charge in [-0.15, -0.1) is 0 Å². The van der Waals surface area contributed by atoms with Gasteiger partial charge < -0.3 is 10.2 Å². The van der Waals surface area contributed by atoms with Crippen molar-refractivity contribution in [2.45, 2.75) is 41.5 Å². The van der Waals surface area contributed by atoms with E-state index in [9.17, 15) is 4.79 Å². The van der Waals surface area contributed by atoms with Crippen molar-refractivity contribution in [3.05, 3.63) is 46.3 Å². The fourth-order valence-electron chi connectivity index (χ4n) is 2.90. The number of hydrogen-bond acceptors (Lipinski definition) is 4. The Bertz CT molecular complexity index is 728. The van der Waals surface area contributed by atoms with Gasteiger partial charge in [-0.25, -0.2) is 9.97 Å². The monoisotopic (exact) mass is 326 g/mol. The Morgan fingerprint density at radius 2 is 1.58 bits per heavy atom. The van der Waals surface area contributed by atoms with Gasteiger partial charge in [0.2, 0.25) is 5.95 Å². The lowest BCUT2D eigenvalue weighted by Gasteiger charge is -2.19. The maximum Gasteiger partial charge on any atom is 0.272 e. The van der Waals surface area contributed by atoms with Crippen LogP contribution in [0.3, 0.4) is 0 Å². The Balaban J connectivity index is 2.38. The number of carbonyl (C=O) groups is 1. The van der Waals surface area contributed by atoms with Crippen molar-refractivity contribution in [2.75, 3.05) is 18.4 Å². The molecule has 2 aromatic rings. The van der Waals surface area contributed by atoms with Crippen LogP contribution < -0.4 is 5.32 Å². The Morgan fingerprint density at radius 1 is 1.00 bits per heavy atom. The van der Waals surface area contributed by atoms with Gasteiger partial charge in [0.15, 0.2) is 0 Å². The summed E-state index contributed by atoms with van der Waals surface area (Å²) < 4.78 is 0. The summed E-state index contributed by atoms with van der Waals surface area (Å²) in [5.74, 6) is 0.395. The molecule has 128 valence electrons. The Morgan fingerprint density at radius 3 is 2.12 bits per heavy atom. The molecule has 0 atom stereocenters. The van der Waals surface area contributed by atoms with Crippen LogP contribution in [0, 0.1) is 27.7 Å². The highest BCUT2D eigenvalue weighted by Crippen LogP contribution is 2.24. The summed E-state index contributed by atoms with van der Waals surface area (Å²) in [5.41, 5.74) is 5.68. The predicted octanol–water partition coefficient (Wildman–Crippen LogP) is 3.94. The highest BCUT2D eigenvalue weighted by molar-refractivity contribution is 5.92. The van der Waals surface area contributed by atoms with E-state index in [-0.39, 0.29) is 5.91 Å². The summed E-state index contributed by atoms with van der Waals surface area (Å²) >= 11 is 0. The number of aryl methyl sites for hydroxylation is 4. The van der Waals surface area contributed by atoms with Crippen molar-refractivity contribution in [2.24, 2.45) is 0 Å². The summed E-state index contributed by atoms with van der Waals surface area (Å²) in [6.07, 6.45) is 0. The van der Waals surface area contributed by atoms with E-state index >= 15 is 0 Å². The van der Waals surface area contributed by atoms with E-state index in [0.29, 0.717) is 24.7 Å². The molecular formula is C19H26N4O. The molecule has 0 aliphatic heterocycles. The minimum absolute atomic E-state index is 0.0640. The van der Waals surface area contributed by atoms with Crippen molar-refractivity contribution in [1.82, 2.24) is 14.9 Å². The lowest BCUT2D eigenvalue weighted by Crippen LogP contribution is -2.31. The van der Waals surface area contributed by atoms with E-state index in [2.05, 4.69) is 48.2 Å². The van der Waals surface area contributed by atoms with E-state index < -0.39 is 0 Å². The molecule has 1 aromatic heterocycles. The van der Waals surface area contributed by atoms with Crippen molar-refractivity contribution in [3.8, 4) is 0 Å². The summed E-state index contributed by atoms with van der Waals surface area (Å²) in [7, 11) is 0. The molecule has 1 aromatic carbocycles. The lowest BCUT2D eigenvalue weighted by molar-refractivity contribution is 0.0767. The first-order valence-electron chi connectivity index (χ1n) is 8.35. The van der Waals surface area contributed by atoms with Crippen LogP contribution in [0.25, 0.3) is 0 Å². The molecule has 5 heteroatoms. The molecule has 1 heterocycles. The number of benzene rings is 1. The third-order valence-corrected chi connectivity index (χ3v) is 4.04. The van der Waals surface area contributed by atoms with Crippen molar-refractivity contribution < 1.29 is 4.79 Å². The average molecular weight is 326 g/mol. The van der Waals surface area contributed by atoms with Crippen molar-refractivity contribution in [1.29, 1.82) is 0 Å². The van der Waals surface area contributed by atoms with E-state index in [1.165, 1.54) is 5.56 Å². The maximum absolute atomic E-state index is 12.6. The van der Waals surface area contributed by atoms with Crippen LogP contribution >= 0.6 is 0 Å². The first-order chi connectivity index (χ1) is 11.3. The molecule has 0 bridgehead atoms. The van der Waals surface area contributed by atoms with Crippen molar-refractivity contribution >= 4 is 17.5 Å². The molecule has 0 aliphatic carbocycles. The highest BCUT2D eigenvalue weighted by atomic mass is 16.2. The van der Waals surface area contributed by atoms with Crippen LogP contribution in [-0.2, 0) is 0 Å². The number of nitrogens with one attached hydrogen (secondary N) is 1. The average Bonchev–Trinajstić information content (AvgIpc) is 2.51. The standard InChI is InChI=1S/C19H26N4O/c1-7-23(8-2)18(24)16-11-15(6)20-19(21-16)22-17-13(4)9-12(3)10-14(17)5/h9-11H,7-8H2,1-6H3,(H,20,21,22). The zero-order chi connectivity index (χ0) is 17.9. The van der Waals surface area contributed by atoms with Gasteiger partial charge >= 0.3 is 0 Å². The third kappa shape index (κ3) is 3.91. The molecule has 0 saturated heterocycles. The Labute approximate surface area is 144 Å².